The SMILES string of the molecule is NC(=O)c1ccccc1C1CC2CCC(C1)N2CCNCC1CCCCC1. The number of fused-ring (bicyclic) bond motifs is 2. The van der Waals surface area contributed by atoms with Crippen LogP contribution in [0.1, 0.15) is 79.6 Å². The summed E-state index contributed by atoms with van der Waals surface area (Å²) in [6, 6.07) is 9.32. The molecule has 1 saturated carbocycles. The molecule has 2 saturated heterocycles. The molecule has 2 atom stereocenters. The standard InChI is InChI=1S/C23H35N3O/c24-23(27)22-9-5-4-8-21(22)18-14-19-10-11-20(15-18)26(19)13-12-25-16-17-6-2-1-3-7-17/h4-5,8-9,17-20,25H,1-3,6-7,10-16H2,(H2,24,27). The van der Waals surface area contributed by atoms with Gasteiger partial charge in [-0.15, -0.1) is 0 Å². The largest absolute Gasteiger partial charge is 0.366 e. The molecule has 4 heteroatoms. The van der Waals surface area contributed by atoms with Gasteiger partial charge in [0.2, 0.25) is 5.91 Å². The van der Waals surface area contributed by atoms with Crippen molar-refractivity contribution in [2.75, 3.05) is 19.6 Å². The average Bonchev–Trinajstić information content (AvgIpc) is 2.93. The molecule has 1 aromatic carbocycles. The van der Waals surface area contributed by atoms with Crippen LogP contribution in [-0.2, 0) is 0 Å². The molecule has 4 rings (SSSR count). The van der Waals surface area contributed by atoms with Crippen molar-refractivity contribution in [2.45, 2.75) is 75.8 Å². The number of carbonyl (C=O) groups is 1. The molecule has 0 radical (unpaired) electrons. The zero-order chi connectivity index (χ0) is 18.6. The number of nitrogens with one attached hydrogen (secondary N) is 1. The number of carbonyl (C=O) groups excluding carboxylic acids is 1. The minimum atomic E-state index is -0.285. The Kier molecular flexibility index (Phi) is 6.14. The average molecular weight is 370 g/mol. The molecule has 27 heavy (non-hydrogen) atoms. The monoisotopic (exact) mass is 369 g/mol. The third-order valence-electron chi connectivity index (χ3n) is 7.25. The van der Waals surface area contributed by atoms with Crippen LogP contribution in [0.15, 0.2) is 24.3 Å². The number of hydrogen-bond donors (Lipinski definition) is 2. The van der Waals surface area contributed by atoms with Gasteiger partial charge in [-0.25, -0.2) is 0 Å². The first kappa shape index (κ1) is 18.9. The van der Waals surface area contributed by atoms with E-state index in [9.17, 15) is 4.79 Å². The van der Waals surface area contributed by atoms with Gasteiger partial charge in [0.15, 0.2) is 0 Å². The molecular weight excluding hydrogens is 334 g/mol. The van der Waals surface area contributed by atoms with Gasteiger partial charge in [-0.05, 0) is 68.5 Å². The minimum absolute atomic E-state index is 0.285. The fourth-order valence-electron chi connectivity index (χ4n) is 5.88. The van der Waals surface area contributed by atoms with E-state index in [0.717, 1.165) is 18.0 Å². The summed E-state index contributed by atoms with van der Waals surface area (Å²) >= 11 is 0. The predicted octanol–water partition coefficient (Wildman–Crippen LogP) is 3.67. The van der Waals surface area contributed by atoms with Crippen LogP contribution in [0.25, 0.3) is 0 Å². The van der Waals surface area contributed by atoms with E-state index in [1.54, 1.807) is 0 Å². The van der Waals surface area contributed by atoms with Crippen LogP contribution >= 0.6 is 0 Å². The van der Waals surface area contributed by atoms with Crippen molar-refractivity contribution in [3.63, 3.8) is 0 Å². The lowest BCUT2D eigenvalue weighted by Gasteiger charge is -2.39. The van der Waals surface area contributed by atoms with Crippen molar-refractivity contribution in [3.8, 4) is 0 Å². The summed E-state index contributed by atoms with van der Waals surface area (Å²) in [5.74, 6) is 1.11. The van der Waals surface area contributed by atoms with Crippen molar-refractivity contribution in [1.82, 2.24) is 10.2 Å². The first-order valence-corrected chi connectivity index (χ1v) is 11.1. The van der Waals surface area contributed by atoms with Crippen LogP contribution in [0.3, 0.4) is 0 Å². The third kappa shape index (κ3) is 4.38. The van der Waals surface area contributed by atoms with Crippen LogP contribution in [0.4, 0.5) is 0 Å². The number of nitrogens with two attached hydrogens (primary N) is 1. The molecule has 2 unspecified atom stereocenters. The van der Waals surface area contributed by atoms with Crippen molar-refractivity contribution in [1.29, 1.82) is 0 Å². The maximum absolute atomic E-state index is 11.8. The van der Waals surface area contributed by atoms with Crippen molar-refractivity contribution >= 4 is 5.91 Å². The fourth-order valence-corrected chi connectivity index (χ4v) is 5.88. The third-order valence-corrected chi connectivity index (χ3v) is 7.25. The second-order valence-corrected chi connectivity index (χ2v) is 8.95. The van der Waals surface area contributed by atoms with E-state index in [1.165, 1.54) is 76.4 Å². The van der Waals surface area contributed by atoms with E-state index < -0.39 is 0 Å². The molecule has 1 aliphatic carbocycles. The molecule has 1 aromatic rings. The highest BCUT2D eigenvalue weighted by Gasteiger charge is 2.41. The predicted molar refractivity (Wildman–Crippen MR) is 110 cm³/mol. The van der Waals surface area contributed by atoms with Crippen LogP contribution in [0.2, 0.25) is 0 Å². The summed E-state index contributed by atoms with van der Waals surface area (Å²) in [6.45, 7) is 3.50. The molecular formula is C23H35N3O. The zero-order valence-electron chi connectivity index (χ0n) is 16.5. The van der Waals surface area contributed by atoms with Gasteiger partial charge < -0.3 is 11.1 Å². The number of primary amides is 1. The van der Waals surface area contributed by atoms with Gasteiger partial charge in [-0.2, -0.15) is 0 Å². The summed E-state index contributed by atoms with van der Waals surface area (Å²) in [6.07, 6.45) is 12.1. The van der Waals surface area contributed by atoms with Gasteiger partial charge in [0.05, 0.1) is 0 Å². The van der Waals surface area contributed by atoms with Crippen LogP contribution < -0.4 is 11.1 Å². The second kappa shape index (κ2) is 8.74. The number of benzene rings is 1. The molecule has 0 aromatic heterocycles. The quantitative estimate of drug-likeness (QED) is 0.721. The summed E-state index contributed by atoms with van der Waals surface area (Å²) < 4.78 is 0. The maximum Gasteiger partial charge on any atom is 0.248 e. The van der Waals surface area contributed by atoms with Gasteiger partial charge in [-0.1, -0.05) is 37.5 Å². The number of amides is 1. The van der Waals surface area contributed by atoms with E-state index in [0.29, 0.717) is 18.0 Å². The topological polar surface area (TPSA) is 58.4 Å². The Morgan fingerprint density at radius 1 is 1.04 bits per heavy atom. The Balaban J connectivity index is 1.29. The lowest BCUT2D eigenvalue weighted by atomic mass is 9.82. The van der Waals surface area contributed by atoms with Crippen LogP contribution in [-0.4, -0.2) is 42.5 Å². The molecule has 2 heterocycles. The normalized spacial score (nSPS) is 29.1. The first-order valence-electron chi connectivity index (χ1n) is 11.1. The Bertz CT molecular complexity index is 626. The summed E-state index contributed by atoms with van der Waals surface area (Å²) in [4.78, 5) is 14.6. The maximum atomic E-state index is 11.8. The Hall–Kier alpha value is -1.39. The van der Waals surface area contributed by atoms with Crippen molar-refractivity contribution in [3.05, 3.63) is 35.4 Å². The Morgan fingerprint density at radius 2 is 1.74 bits per heavy atom. The van der Waals surface area contributed by atoms with E-state index in [4.69, 9.17) is 5.73 Å². The lowest BCUT2D eigenvalue weighted by Crippen LogP contribution is -2.45. The van der Waals surface area contributed by atoms with Crippen molar-refractivity contribution < 1.29 is 4.79 Å². The minimum Gasteiger partial charge on any atom is -0.366 e. The second-order valence-electron chi connectivity index (χ2n) is 8.95. The van der Waals surface area contributed by atoms with Gasteiger partial charge in [-0.3, -0.25) is 9.69 Å². The van der Waals surface area contributed by atoms with E-state index in [1.807, 2.05) is 18.2 Å². The number of rotatable bonds is 7. The molecule has 0 spiro atoms. The first-order chi connectivity index (χ1) is 13.2. The fraction of sp³-hybridized carbons (Fsp3) is 0.696. The van der Waals surface area contributed by atoms with Crippen molar-refractivity contribution in [2.24, 2.45) is 11.7 Å². The lowest BCUT2D eigenvalue weighted by molar-refractivity contribution is 0.0994. The van der Waals surface area contributed by atoms with E-state index in [2.05, 4.69) is 16.3 Å². The summed E-state index contributed by atoms with van der Waals surface area (Å²) in [5.41, 5.74) is 7.52. The molecule has 3 N–H and O–H groups in total. The summed E-state index contributed by atoms with van der Waals surface area (Å²) in [7, 11) is 0. The molecule has 148 valence electrons. The van der Waals surface area contributed by atoms with E-state index >= 15 is 0 Å². The molecule has 3 fully saturated rings. The Labute approximate surface area is 163 Å². The van der Waals surface area contributed by atoms with Gasteiger partial charge in [0, 0.05) is 30.7 Å². The molecule has 4 nitrogen and oxygen atoms in total. The van der Waals surface area contributed by atoms with Gasteiger partial charge in [0.1, 0.15) is 0 Å². The molecule has 1 amide bonds. The highest BCUT2D eigenvalue weighted by atomic mass is 16.1. The number of piperidine rings is 1. The van der Waals surface area contributed by atoms with Crippen LogP contribution in [0, 0.1) is 5.92 Å². The van der Waals surface area contributed by atoms with Crippen LogP contribution in [0.5, 0.6) is 0 Å². The molecule has 2 aliphatic heterocycles. The highest BCUT2D eigenvalue weighted by Crippen LogP contribution is 2.43. The summed E-state index contributed by atoms with van der Waals surface area (Å²) in [5, 5.41) is 3.74. The van der Waals surface area contributed by atoms with Gasteiger partial charge in [0.25, 0.3) is 0 Å². The zero-order valence-corrected chi connectivity index (χ0v) is 16.5. The van der Waals surface area contributed by atoms with Gasteiger partial charge >= 0.3 is 0 Å². The molecule has 2 bridgehead atoms. The Morgan fingerprint density at radius 3 is 2.44 bits per heavy atom. The highest BCUT2D eigenvalue weighted by molar-refractivity contribution is 5.94. The number of nitrogens with zero attached hydrogens (tertiary/aromatic N) is 1. The smallest absolute Gasteiger partial charge is 0.248 e. The van der Waals surface area contributed by atoms with E-state index in [-0.39, 0.29) is 5.91 Å². The molecule has 3 aliphatic rings. The number of hydrogen-bond acceptors (Lipinski definition) is 3.